The molecule has 1 unspecified atom stereocenters. The number of sulfonamides is 1. The molecule has 1 rings (SSSR count). The topological polar surface area (TPSA) is 104 Å². The number of nitrogens with one attached hydrogen (secondary N) is 1. The first-order valence-corrected chi connectivity index (χ1v) is 8.03. The molecule has 1 heterocycles. The Bertz CT molecular complexity index is 539. The Morgan fingerprint density at radius 3 is 2.67 bits per heavy atom. The van der Waals surface area contributed by atoms with E-state index in [9.17, 15) is 13.2 Å². The van der Waals surface area contributed by atoms with Crippen LogP contribution in [0.3, 0.4) is 0 Å². The monoisotopic (exact) mass is 357 g/mol. The summed E-state index contributed by atoms with van der Waals surface area (Å²) in [6.45, 7) is 1.49. The minimum Gasteiger partial charge on any atom is -0.477 e. The summed E-state index contributed by atoms with van der Waals surface area (Å²) in [7, 11) is -3.79. The Morgan fingerprint density at radius 2 is 2.22 bits per heavy atom. The lowest BCUT2D eigenvalue weighted by Crippen LogP contribution is -2.33. The van der Waals surface area contributed by atoms with Crippen LogP contribution in [0, 0.1) is 0 Å². The quantitative estimate of drug-likeness (QED) is 0.710. The van der Waals surface area contributed by atoms with E-state index in [2.05, 4.69) is 20.7 Å². The van der Waals surface area contributed by atoms with Gasteiger partial charge in [-0.2, -0.15) is 0 Å². The predicted molar refractivity (Wildman–Crippen MR) is 70.5 cm³/mol. The third kappa shape index (κ3) is 3.75. The van der Waals surface area contributed by atoms with Gasteiger partial charge in [0.25, 0.3) is 0 Å². The van der Waals surface area contributed by atoms with E-state index in [1.54, 1.807) is 6.92 Å². The van der Waals surface area contributed by atoms with Gasteiger partial charge in [-0.25, -0.2) is 17.9 Å². The van der Waals surface area contributed by atoms with Crippen molar-refractivity contribution in [3.05, 3.63) is 14.7 Å². The van der Waals surface area contributed by atoms with Crippen LogP contribution in [0.4, 0.5) is 0 Å². The molecule has 1 atom stereocenters. The van der Waals surface area contributed by atoms with Crippen LogP contribution in [-0.2, 0) is 10.0 Å². The molecule has 0 saturated heterocycles. The molecule has 9 heteroatoms. The maximum Gasteiger partial charge on any atom is 0.345 e. The van der Waals surface area contributed by atoms with Gasteiger partial charge in [-0.1, -0.05) is 0 Å². The third-order valence-electron chi connectivity index (χ3n) is 2.07. The molecular formula is C9H12BrNO5S2. The first kappa shape index (κ1) is 15.6. The first-order valence-electron chi connectivity index (χ1n) is 4.93. The highest BCUT2D eigenvalue weighted by molar-refractivity contribution is 9.11. The second kappa shape index (κ2) is 6.11. The fourth-order valence-corrected chi connectivity index (χ4v) is 4.90. The molecule has 102 valence electrons. The Morgan fingerprint density at radius 1 is 1.61 bits per heavy atom. The third-order valence-corrected chi connectivity index (χ3v) is 5.90. The summed E-state index contributed by atoms with van der Waals surface area (Å²) in [4.78, 5) is 10.6. The molecule has 0 bridgehead atoms. The molecule has 18 heavy (non-hydrogen) atoms. The molecular weight excluding hydrogens is 346 g/mol. The lowest BCUT2D eigenvalue weighted by molar-refractivity contribution is 0.0702. The van der Waals surface area contributed by atoms with Crippen molar-refractivity contribution in [2.45, 2.75) is 24.3 Å². The second-order valence-electron chi connectivity index (χ2n) is 3.59. The molecule has 3 N–H and O–H groups in total. The maximum absolute atomic E-state index is 12.0. The van der Waals surface area contributed by atoms with Gasteiger partial charge >= 0.3 is 5.97 Å². The largest absolute Gasteiger partial charge is 0.477 e. The van der Waals surface area contributed by atoms with Gasteiger partial charge in [0.15, 0.2) is 0 Å². The summed E-state index contributed by atoms with van der Waals surface area (Å²) < 4.78 is 26.5. The van der Waals surface area contributed by atoms with Crippen LogP contribution in [0.5, 0.6) is 0 Å². The number of hydrogen-bond acceptors (Lipinski definition) is 5. The van der Waals surface area contributed by atoms with Crippen LogP contribution >= 0.6 is 27.3 Å². The molecule has 0 aliphatic carbocycles. The predicted octanol–water partition coefficient (Wildman–Crippen LogP) is 1.26. The zero-order chi connectivity index (χ0) is 13.9. The van der Waals surface area contributed by atoms with Crippen molar-refractivity contribution in [1.82, 2.24) is 4.72 Å². The number of carbonyl (C=O) groups is 1. The molecule has 0 aromatic carbocycles. The van der Waals surface area contributed by atoms with Crippen molar-refractivity contribution in [1.29, 1.82) is 0 Å². The van der Waals surface area contributed by atoms with Crippen LogP contribution in [0.15, 0.2) is 14.7 Å². The summed E-state index contributed by atoms with van der Waals surface area (Å²) in [6.07, 6.45) is 0.284. The Balaban J connectivity index is 3.01. The van der Waals surface area contributed by atoms with E-state index in [-0.39, 0.29) is 26.6 Å². The number of aliphatic hydroxyl groups excluding tert-OH is 1. The van der Waals surface area contributed by atoms with Gasteiger partial charge in [-0.05, 0) is 35.3 Å². The van der Waals surface area contributed by atoms with E-state index < -0.39 is 22.0 Å². The molecule has 0 fully saturated rings. The number of rotatable bonds is 6. The first-order chi connectivity index (χ1) is 8.27. The molecule has 0 radical (unpaired) electrons. The van der Waals surface area contributed by atoms with Gasteiger partial charge in [0.2, 0.25) is 10.0 Å². The lowest BCUT2D eigenvalue weighted by atomic mass is 10.3. The Kier molecular flexibility index (Phi) is 5.29. The highest BCUT2D eigenvalue weighted by atomic mass is 79.9. The van der Waals surface area contributed by atoms with Crippen LogP contribution in [0.25, 0.3) is 0 Å². The molecule has 0 aliphatic heterocycles. The number of thiophene rings is 1. The molecule has 1 aromatic rings. The van der Waals surface area contributed by atoms with E-state index in [1.165, 1.54) is 0 Å². The van der Waals surface area contributed by atoms with Crippen LogP contribution < -0.4 is 4.72 Å². The van der Waals surface area contributed by atoms with Crippen molar-refractivity contribution in [2.75, 3.05) is 6.61 Å². The maximum atomic E-state index is 12.0. The number of carboxylic acid groups (broad SMARTS) is 1. The summed E-state index contributed by atoms with van der Waals surface area (Å²) in [5, 5.41) is 17.5. The van der Waals surface area contributed by atoms with Gasteiger partial charge in [0.1, 0.15) is 9.77 Å². The van der Waals surface area contributed by atoms with Crippen LogP contribution in [0.2, 0.25) is 0 Å². The molecule has 0 aliphatic rings. The minimum absolute atomic E-state index is 0.0583. The molecule has 0 amide bonds. The number of halogens is 1. The van der Waals surface area contributed by atoms with Crippen molar-refractivity contribution in [2.24, 2.45) is 0 Å². The van der Waals surface area contributed by atoms with E-state index >= 15 is 0 Å². The number of aliphatic hydroxyl groups is 1. The number of aromatic carboxylic acids is 1. The van der Waals surface area contributed by atoms with E-state index in [4.69, 9.17) is 10.2 Å². The van der Waals surface area contributed by atoms with Crippen molar-refractivity contribution in [3.8, 4) is 0 Å². The molecule has 0 spiro atoms. The molecule has 6 nitrogen and oxygen atoms in total. The fourth-order valence-electron chi connectivity index (χ4n) is 1.22. The molecule has 0 saturated carbocycles. The summed E-state index contributed by atoms with van der Waals surface area (Å²) in [5.74, 6) is -1.18. The van der Waals surface area contributed by atoms with E-state index in [0.29, 0.717) is 0 Å². The summed E-state index contributed by atoms with van der Waals surface area (Å²) in [6, 6.07) is 0.672. The smallest absolute Gasteiger partial charge is 0.345 e. The highest BCUT2D eigenvalue weighted by Crippen LogP contribution is 2.31. The van der Waals surface area contributed by atoms with Crippen LogP contribution in [0.1, 0.15) is 23.0 Å². The lowest BCUT2D eigenvalue weighted by Gasteiger charge is -2.12. The second-order valence-corrected chi connectivity index (χ2v) is 7.64. The Labute approximate surface area is 117 Å². The summed E-state index contributed by atoms with van der Waals surface area (Å²) in [5.41, 5.74) is 0. The van der Waals surface area contributed by atoms with Gasteiger partial charge in [-0.3, -0.25) is 0 Å². The zero-order valence-corrected chi connectivity index (χ0v) is 12.6. The van der Waals surface area contributed by atoms with Gasteiger partial charge in [0, 0.05) is 12.6 Å². The van der Waals surface area contributed by atoms with Crippen molar-refractivity contribution >= 4 is 43.3 Å². The minimum atomic E-state index is -3.79. The van der Waals surface area contributed by atoms with Gasteiger partial charge < -0.3 is 10.2 Å². The van der Waals surface area contributed by atoms with E-state index in [0.717, 1.165) is 17.4 Å². The average molecular weight is 358 g/mol. The fraction of sp³-hybridized carbons (Fsp3) is 0.444. The standard InChI is InChI=1S/C9H12BrNO5S2/c1-5(2-3-12)11-18(15,16)7-4-6(9(13)14)17-8(7)10/h4-5,11-12H,2-3H2,1H3,(H,13,14). The van der Waals surface area contributed by atoms with Crippen molar-refractivity contribution < 1.29 is 23.4 Å². The number of hydrogen-bond donors (Lipinski definition) is 3. The van der Waals surface area contributed by atoms with Gasteiger partial charge in [0.05, 0.1) is 3.79 Å². The SMILES string of the molecule is CC(CCO)NS(=O)(=O)c1cc(C(=O)O)sc1Br. The van der Waals surface area contributed by atoms with E-state index in [1.807, 2.05) is 0 Å². The summed E-state index contributed by atoms with van der Waals surface area (Å²) >= 11 is 3.88. The molecule has 1 aromatic heterocycles. The van der Waals surface area contributed by atoms with Crippen LogP contribution in [-0.4, -0.2) is 37.2 Å². The zero-order valence-electron chi connectivity index (χ0n) is 9.38. The number of carboxylic acids is 1. The van der Waals surface area contributed by atoms with Crippen molar-refractivity contribution in [3.63, 3.8) is 0 Å². The highest BCUT2D eigenvalue weighted by Gasteiger charge is 2.24. The van der Waals surface area contributed by atoms with Gasteiger partial charge in [-0.15, -0.1) is 11.3 Å². The average Bonchev–Trinajstić information content (AvgIpc) is 2.60. The Hall–Kier alpha value is -0.480. The normalized spacial score (nSPS) is 13.5.